The fourth-order valence-corrected chi connectivity index (χ4v) is 2.61. The van der Waals surface area contributed by atoms with Crippen molar-refractivity contribution in [3.05, 3.63) is 87.2 Å². The van der Waals surface area contributed by atoms with Gasteiger partial charge in [0, 0.05) is 17.8 Å². The van der Waals surface area contributed by atoms with Crippen molar-refractivity contribution in [1.29, 1.82) is 0 Å². The van der Waals surface area contributed by atoms with Crippen molar-refractivity contribution in [1.82, 2.24) is 10.3 Å². The highest BCUT2D eigenvalue weighted by atomic mass is 16.5. The second-order valence-corrected chi connectivity index (χ2v) is 5.99. The number of ether oxygens (including phenoxy) is 1. The normalized spacial score (nSPS) is 10.5. The number of H-pyrrole nitrogens is 1. The van der Waals surface area contributed by atoms with Gasteiger partial charge in [-0.25, -0.2) is 0 Å². The Labute approximate surface area is 150 Å². The fraction of sp³-hybridized carbons (Fsp3) is 0.200. The van der Waals surface area contributed by atoms with E-state index in [9.17, 15) is 9.59 Å². The average Bonchev–Trinajstić information content (AvgIpc) is 3.09. The molecule has 0 aliphatic heterocycles. The molecule has 0 fully saturated rings. The topological polar surface area (TPSA) is 84.3 Å². The predicted octanol–water partition coefficient (Wildman–Crippen LogP) is 3.09. The summed E-state index contributed by atoms with van der Waals surface area (Å²) < 4.78 is 11.1. The monoisotopic (exact) mass is 352 g/mol. The van der Waals surface area contributed by atoms with E-state index in [1.165, 1.54) is 0 Å². The first-order chi connectivity index (χ1) is 12.5. The summed E-state index contributed by atoms with van der Waals surface area (Å²) >= 11 is 0. The lowest BCUT2D eigenvalue weighted by Crippen LogP contribution is -2.27. The molecule has 134 valence electrons. The molecule has 1 aromatic carbocycles. The van der Waals surface area contributed by atoms with E-state index < -0.39 is 0 Å². The van der Waals surface area contributed by atoms with Crippen LogP contribution in [-0.2, 0) is 13.2 Å². The van der Waals surface area contributed by atoms with Crippen molar-refractivity contribution >= 4 is 5.91 Å². The summed E-state index contributed by atoms with van der Waals surface area (Å²) in [6.45, 7) is 4.03. The minimum Gasteiger partial charge on any atom is -0.486 e. The molecule has 0 bridgehead atoms. The Hall–Kier alpha value is -3.28. The van der Waals surface area contributed by atoms with Gasteiger partial charge in [0.15, 0.2) is 5.76 Å². The van der Waals surface area contributed by atoms with E-state index in [2.05, 4.69) is 10.3 Å². The van der Waals surface area contributed by atoms with Crippen molar-refractivity contribution in [2.75, 3.05) is 0 Å². The molecular weight excluding hydrogens is 332 g/mol. The minimum absolute atomic E-state index is 0.136. The highest BCUT2D eigenvalue weighted by Crippen LogP contribution is 2.14. The number of furan rings is 1. The van der Waals surface area contributed by atoms with E-state index >= 15 is 0 Å². The summed E-state index contributed by atoms with van der Waals surface area (Å²) in [5, 5.41) is 2.71. The maximum Gasteiger partial charge on any atom is 0.287 e. The number of amides is 1. The molecule has 0 saturated heterocycles. The summed E-state index contributed by atoms with van der Waals surface area (Å²) in [6, 6.07) is 14.5. The van der Waals surface area contributed by atoms with Crippen molar-refractivity contribution in [3.8, 4) is 5.75 Å². The van der Waals surface area contributed by atoms with Crippen LogP contribution in [0.15, 0.2) is 57.7 Å². The van der Waals surface area contributed by atoms with Gasteiger partial charge in [0.1, 0.15) is 18.1 Å². The van der Waals surface area contributed by atoms with E-state index in [1.807, 2.05) is 50.2 Å². The average molecular weight is 352 g/mol. The Morgan fingerprint density at radius 2 is 1.92 bits per heavy atom. The first-order valence-electron chi connectivity index (χ1n) is 8.27. The molecule has 2 aromatic heterocycles. The molecule has 0 saturated carbocycles. The maximum atomic E-state index is 12.2. The van der Waals surface area contributed by atoms with Gasteiger partial charge in [-0.2, -0.15) is 0 Å². The van der Waals surface area contributed by atoms with Gasteiger partial charge in [-0.15, -0.1) is 0 Å². The van der Waals surface area contributed by atoms with Gasteiger partial charge in [-0.1, -0.05) is 18.2 Å². The van der Waals surface area contributed by atoms with Crippen LogP contribution in [0.1, 0.15) is 33.1 Å². The van der Waals surface area contributed by atoms with Gasteiger partial charge in [0.25, 0.3) is 11.5 Å². The number of carbonyl (C=O) groups is 1. The second kappa shape index (κ2) is 7.74. The maximum absolute atomic E-state index is 12.2. The number of aromatic amines is 1. The Kier molecular flexibility index (Phi) is 5.22. The standard InChI is InChI=1S/C20H20N2O4/c1-13-10-14(2)22-19(23)17(13)11-21-20(24)18-9-8-16(26-18)12-25-15-6-4-3-5-7-15/h3-10H,11-12H2,1-2H3,(H,21,24)(H,22,23). The van der Waals surface area contributed by atoms with E-state index in [0.29, 0.717) is 11.3 Å². The number of benzene rings is 1. The summed E-state index contributed by atoms with van der Waals surface area (Å²) in [5.41, 5.74) is 1.96. The first kappa shape index (κ1) is 17.5. The van der Waals surface area contributed by atoms with Crippen LogP contribution in [-0.4, -0.2) is 10.9 Å². The van der Waals surface area contributed by atoms with Gasteiger partial charge in [-0.3, -0.25) is 9.59 Å². The van der Waals surface area contributed by atoms with Crippen LogP contribution >= 0.6 is 0 Å². The number of aromatic nitrogens is 1. The van der Waals surface area contributed by atoms with Crippen LogP contribution in [0.5, 0.6) is 5.75 Å². The molecule has 0 aliphatic rings. The van der Waals surface area contributed by atoms with Crippen molar-refractivity contribution in [2.24, 2.45) is 0 Å². The molecule has 26 heavy (non-hydrogen) atoms. The molecule has 6 nitrogen and oxygen atoms in total. The lowest BCUT2D eigenvalue weighted by Gasteiger charge is -2.07. The molecule has 1 amide bonds. The number of pyridine rings is 1. The molecule has 0 unspecified atom stereocenters. The predicted molar refractivity (Wildman–Crippen MR) is 97.2 cm³/mol. The molecule has 2 heterocycles. The summed E-state index contributed by atoms with van der Waals surface area (Å²) in [7, 11) is 0. The van der Waals surface area contributed by atoms with E-state index in [-0.39, 0.29) is 30.4 Å². The molecule has 0 radical (unpaired) electrons. The number of hydrogen-bond donors (Lipinski definition) is 2. The zero-order chi connectivity index (χ0) is 18.5. The third-order valence-electron chi connectivity index (χ3n) is 3.93. The molecule has 0 aliphatic carbocycles. The third kappa shape index (κ3) is 4.22. The van der Waals surface area contributed by atoms with E-state index in [4.69, 9.17) is 9.15 Å². The fourth-order valence-electron chi connectivity index (χ4n) is 2.61. The molecule has 3 rings (SSSR count). The number of nitrogens with one attached hydrogen (secondary N) is 2. The number of carbonyl (C=O) groups excluding carboxylic acids is 1. The molecule has 6 heteroatoms. The number of rotatable bonds is 6. The van der Waals surface area contributed by atoms with Crippen LogP contribution in [0.25, 0.3) is 0 Å². The lowest BCUT2D eigenvalue weighted by molar-refractivity contribution is 0.0919. The smallest absolute Gasteiger partial charge is 0.287 e. The Morgan fingerprint density at radius 3 is 2.65 bits per heavy atom. The molecule has 0 spiro atoms. The lowest BCUT2D eigenvalue weighted by atomic mass is 10.1. The molecule has 3 aromatic rings. The van der Waals surface area contributed by atoms with E-state index in [1.54, 1.807) is 12.1 Å². The highest BCUT2D eigenvalue weighted by Gasteiger charge is 2.13. The van der Waals surface area contributed by atoms with Gasteiger partial charge in [0.05, 0.1) is 0 Å². The highest BCUT2D eigenvalue weighted by molar-refractivity contribution is 5.91. The van der Waals surface area contributed by atoms with Crippen LogP contribution in [0, 0.1) is 13.8 Å². The SMILES string of the molecule is Cc1cc(C)c(CNC(=O)c2ccc(COc3ccccc3)o2)c(=O)[nH]1. The van der Waals surface area contributed by atoms with E-state index in [0.717, 1.165) is 17.0 Å². The number of para-hydroxylation sites is 1. The molecule has 0 atom stereocenters. The van der Waals surface area contributed by atoms with Crippen molar-refractivity contribution in [2.45, 2.75) is 27.0 Å². The van der Waals surface area contributed by atoms with Gasteiger partial charge in [-0.05, 0) is 49.7 Å². The van der Waals surface area contributed by atoms with Crippen molar-refractivity contribution in [3.63, 3.8) is 0 Å². The van der Waals surface area contributed by atoms with Crippen LogP contribution < -0.4 is 15.6 Å². The third-order valence-corrected chi connectivity index (χ3v) is 3.93. The van der Waals surface area contributed by atoms with Crippen molar-refractivity contribution < 1.29 is 13.9 Å². The zero-order valence-corrected chi connectivity index (χ0v) is 14.7. The summed E-state index contributed by atoms with van der Waals surface area (Å²) in [4.78, 5) is 27.0. The quantitative estimate of drug-likeness (QED) is 0.714. The second-order valence-electron chi connectivity index (χ2n) is 5.99. The summed E-state index contributed by atoms with van der Waals surface area (Å²) in [6.07, 6.45) is 0. The Bertz CT molecular complexity index is 957. The molecular formula is C20H20N2O4. The summed E-state index contributed by atoms with van der Waals surface area (Å²) in [5.74, 6) is 1.07. The van der Waals surface area contributed by atoms with Crippen LogP contribution in [0.4, 0.5) is 0 Å². The number of hydrogen-bond acceptors (Lipinski definition) is 4. The minimum atomic E-state index is -0.379. The van der Waals surface area contributed by atoms with Crippen LogP contribution in [0.2, 0.25) is 0 Å². The van der Waals surface area contributed by atoms with Gasteiger partial charge >= 0.3 is 0 Å². The number of aryl methyl sites for hydroxylation is 2. The first-order valence-corrected chi connectivity index (χ1v) is 8.27. The van der Waals surface area contributed by atoms with Crippen LogP contribution in [0.3, 0.4) is 0 Å². The Morgan fingerprint density at radius 1 is 1.15 bits per heavy atom. The van der Waals surface area contributed by atoms with Gasteiger partial charge in [0.2, 0.25) is 0 Å². The molecule has 2 N–H and O–H groups in total. The van der Waals surface area contributed by atoms with Gasteiger partial charge < -0.3 is 19.5 Å². The Balaban J connectivity index is 1.59. The zero-order valence-electron chi connectivity index (χ0n) is 14.7. The largest absolute Gasteiger partial charge is 0.486 e.